The molecule has 1 aromatic heterocycles. The minimum atomic E-state index is -0.204. The summed E-state index contributed by atoms with van der Waals surface area (Å²) in [5.74, 6) is -0.472. The summed E-state index contributed by atoms with van der Waals surface area (Å²) in [6.45, 7) is 6.49. The number of nitrogens with zero attached hydrogens (tertiary/aromatic N) is 2. The first-order valence-electron chi connectivity index (χ1n) is 7.44. The van der Waals surface area contributed by atoms with Crippen LogP contribution in [0.4, 0.5) is 5.69 Å². The normalized spacial score (nSPS) is 10.6. The molecule has 1 amide bonds. The minimum Gasteiger partial charge on any atom is -0.324 e. The highest BCUT2D eigenvalue weighted by Crippen LogP contribution is 2.31. The molecule has 0 bridgehead atoms. The van der Waals surface area contributed by atoms with E-state index in [-0.39, 0.29) is 29.7 Å². The van der Waals surface area contributed by atoms with E-state index < -0.39 is 0 Å². The largest absolute Gasteiger partial charge is 0.324 e. The molecule has 24 heavy (non-hydrogen) atoms. The lowest BCUT2D eigenvalue weighted by molar-refractivity contribution is -0.117. The average molecular weight is 392 g/mol. The van der Waals surface area contributed by atoms with Gasteiger partial charge in [-0.15, -0.1) is 6.58 Å². The molecule has 0 atom stereocenters. The fraction of sp³-hybridized carbons (Fsp3) is 0.294. The summed E-state index contributed by atoms with van der Waals surface area (Å²) in [5.41, 5.74) is 1.34. The van der Waals surface area contributed by atoms with Crippen molar-refractivity contribution in [3.8, 4) is 0 Å². The van der Waals surface area contributed by atoms with Crippen molar-refractivity contribution in [1.29, 1.82) is 0 Å². The molecule has 0 saturated heterocycles. The summed E-state index contributed by atoms with van der Waals surface area (Å²) in [4.78, 5) is 35.5. The summed E-state index contributed by atoms with van der Waals surface area (Å²) < 4.78 is 2.17. The van der Waals surface area contributed by atoms with Crippen LogP contribution in [0.3, 0.4) is 0 Å². The number of benzene rings is 1. The number of rotatable bonds is 7. The number of anilines is 1. The topological polar surface area (TPSA) is 81.1 Å². The molecule has 1 N–H and O–H groups in total. The number of halogens is 1. The Kier molecular flexibility index (Phi) is 5.66. The van der Waals surface area contributed by atoms with Crippen LogP contribution in [-0.4, -0.2) is 27.3 Å². The van der Waals surface area contributed by atoms with E-state index in [1.165, 1.54) is 18.5 Å². The van der Waals surface area contributed by atoms with E-state index in [1.54, 1.807) is 18.2 Å². The standard InChI is InChI=1S/C17H18BrN3O3/c1-4-5-6-15(24)19-14-8-12(18)7-13-16(11(3)23)20-21(17(13)14)9-10(2)22/h4,7-8H,1,5-6,9H2,2-3H3,(H,19,24). The second-order valence-electron chi connectivity index (χ2n) is 5.49. The molecule has 0 saturated carbocycles. The van der Waals surface area contributed by atoms with E-state index in [4.69, 9.17) is 0 Å². The Bertz CT molecular complexity index is 839. The molecule has 0 aliphatic rings. The summed E-state index contributed by atoms with van der Waals surface area (Å²) in [5, 5.41) is 7.68. The van der Waals surface area contributed by atoms with Crippen molar-refractivity contribution in [1.82, 2.24) is 9.78 Å². The number of Topliss-reactive ketones (excluding diaryl/α,β-unsaturated/α-hetero) is 2. The van der Waals surface area contributed by atoms with Gasteiger partial charge in [0.25, 0.3) is 0 Å². The Morgan fingerprint density at radius 3 is 2.62 bits per heavy atom. The van der Waals surface area contributed by atoms with Crippen molar-refractivity contribution >= 4 is 50.0 Å². The van der Waals surface area contributed by atoms with Gasteiger partial charge in [0.2, 0.25) is 5.91 Å². The van der Waals surface area contributed by atoms with E-state index in [9.17, 15) is 14.4 Å². The van der Waals surface area contributed by atoms with Gasteiger partial charge in [0.05, 0.1) is 17.7 Å². The molecule has 0 aliphatic heterocycles. The second kappa shape index (κ2) is 7.53. The third-order valence-corrected chi connectivity index (χ3v) is 3.82. The SMILES string of the molecule is C=CCCC(=O)Nc1cc(Br)cc2c(C(C)=O)nn(CC(C)=O)c12. The lowest BCUT2D eigenvalue weighted by atomic mass is 10.1. The first-order valence-corrected chi connectivity index (χ1v) is 8.24. The lowest BCUT2D eigenvalue weighted by Gasteiger charge is -2.09. The Morgan fingerprint density at radius 1 is 1.33 bits per heavy atom. The smallest absolute Gasteiger partial charge is 0.224 e. The highest BCUT2D eigenvalue weighted by atomic mass is 79.9. The van der Waals surface area contributed by atoms with Gasteiger partial charge in [-0.2, -0.15) is 5.10 Å². The monoisotopic (exact) mass is 391 g/mol. The van der Waals surface area contributed by atoms with E-state index in [0.717, 1.165) is 0 Å². The lowest BCUT2D eigenvalue weighted by Crippen LogP contribution is -2.13. The van der Waals surface area contributed by atoms with Crippen LogP contribution in [0.1, 0.15) is 37.2 Å². The molecule has 126 valence electrons. The van der Waals surface area contributed by atoms with E-state index in [2.05, 4.69) is 32.9 Å². The third kappa shape index (κ3) is 3.97. The van der Waals surface area contributed by atoms with Gasteiger partial charge in [-0.3, -0.25) is 19.1 Å². The van der Waals surface area contributed by atoms with Crippen LogP contribution in [-0.2, 0) is 16.1 Å². The molecule has 2 aromatic rings. The number of hydrogen-bond acceptors (Lipinski definition) is 4. The molecule has 1 heterocycles. The number of ketones is 2. The highest BCUT2D eigenvalue weighted by Gasteiger charge is 2.19. The molecule has 0 radical (unpaired) electrons. The molecule has 6 nitrogen and oxygen atoms in total. The zero-order valence-electron chi connectivity index (χ0n) is 13.6. The molecular formula is C17H18BrN3O3. The maximum Gasteiger partial charge on any atom is 0.224 e. The maximum absolute atomic E-state index is 12.1. The van der Waals surface area contributed by atoms with Gasteiger partial charge < -0.3 is 5.32 Å². The van der Waals surface area contributed by atoms with Crippen LogP contribution in [0.5, 0.6) is 0 Å². The first-order chi connectivity index (χ1) is 11.3. The number of amides is 1. The fourth-order valence-corrected chi connectivity index (χ4v) is 2.87. The molecule has 0 spiro atoms. The number of carbonyl (C=O) groups is 3. The summed E-state index contributed by atoms with van der Waals surface area (Å²) in [6, 6.07) is 3.49. The van der Waals surface area contributed by atoms with Crippen molar-refractivity contribution in [2.75, 3.05) is 5.32 Å². The van der Waals surface area contributed by atoms with E-state index >= 15 is 0 Å². The van der Waals surface area contributed by atoms with Gasteiger partial charge >= 0.3 is 0 Å². The second-order valence-corrected chi connectivity index (χ2v) is 6.41. The van der Waals surface area contributed by atoms with Crippen LogP contribution in [0, 0.1) is 0 Å². The number of aromatic nitrogens is 2. The Balaban J connectivity index is 2.60. The number of carbonyl (C=O) groups excluding carboxylic acids is 3. The molecule has 0 fully saturated rings. The van der Waals surface area contributed by atoms with Crippen molar-refractivity contribution in [3.63, 3.8) is 0 Å². The van der Waals surface area contributed by atoms with Gasteiger partial charge in [0, 0.05) is 23.2 Å². The van der Waals surface area contributed by atoms with Crippen LogP contribution in [0.2, 0.25) is 0 Å². The van der Waals surface area contributed by atoms with Crippen molar-refractivity contribution in [2.45, 2.75) is 33.2 Å². The van der Waals surface area contributed by atoms with E-state index in [1.807, 2.05) is 0 Å². The highest BCUT2D eigenvalue weighted by molar-refractivity contribution is 9.10. The zero-order valence-corrected chi connectivity index (χ0v) is 15.1. The Labute approximate surface area is 148 Å². The Morgan fingerprint density at radius 2 is 2.04 bits per heavy atom. The molecular weight excluding hydrogens is 374 g/mol. The van der Waals surface area contributed by atoms with E-state index in [0.29, 0.717) is 33.9 Å². The molecule has 7 heteroatoms. The van der Waals surface area contributed by atoms with Crippen LogP contribution in [0.25, 0.3) is 10.9 Å². The van der Waals surface area contributed by atoms with Gasteiger partial charge in [-0.05, 0) is 25.5 Å². The maximum atomic E-state index is 12.1. The van der Waals surface area contributed by atoms with Gasteiger partial charge in [0.15, 0.2) is 11.6 Å². The predicted molar refractivity (Wildman–Crippen MR) is 96.2 cm³/mol. The number of fused-ring (bicyclic) bond motifs is 1. The third-order valence-electron chi connectivity index (χ3n) is 3.36. The van der Waals surface area contributed by atoms with Crippen molar-refractivity contribution in [2.24, 2.45) is 0 Å². The quantitative estimate of drug-likeness (QED) is 0.578. The van der Waals surface area contributed by atoms with Gasteiger partial charge in [0.1, 0.15) is 5.69 Å². The number of allylic oxidation sites excluding steroid dienone is 1. The Hall–Kier alpha value is -2.28. The van der Waals surface area contributed by atoms with Crippen LogP contribution >= 0.6 is 15.9 Å². The van der Waals surface area contributed by atoms with Crippen molar-refractivity contribution < 1.29 is 14.4 Å². The summed E-state index contributed by atoms with van der Waals surface area (Å²) in [7, 11) is 0. The fourth-order valence-electron chi connectivity index (χ4n) is 2.41. The molecule has 0 unspecified atom stereocenters. The van der Waals surface area contributed by atoms with Gasteiger partial charge in [-0.1, -0.05) is 22.0 Å². The molecule has 1 aromatic carbocycles. The summed E-state index contributed by atoms with van der Waals surface area (Å²) in [6.07, 6.45) is 2.54. The predicted octanol–water partition coefficient (Wildman–Crippen LogP) is 3.50. The molecule has 2 rings (SSSR count). The average Bonchev–Trinajstić information content (AvgIpc) is 2.83. The van der Waals surface area contributed by atoms with Crippen molar-refractivity contribution in [3.05, 3.63) is 35.0 Å². The molecule has 0 aliphatic carbocycles. The van der Waals surface area contributed by atoms with Crippen LogP contribution in [0.15, 0.2) is 29.3 Å². The minimum absolute atomic E-state index is 0.0287. The summed E-state index contributed by atoms with van der Waals surface area (Å²) >= 11 is 3.39. The number of nitrogens with one attached hydrogen (secondary N) is 1. The zero-order chi connectivity index (χ0) is 17.9. The first kappa shape index (κ1) is 18.1. The number of hydrogen-bond donors (Lipinski definition) is 1. The van der Waals surface area contributed by atoms with Crippen LogP contribution < -0.4 is 5.32 Å². The van der Waals surface area contributed by atoms with Gasteiger partial charge in [-0.25, -0.2) is 0 Å².